The lowest BCUT2D eigenvalue weighted by atomic mass is 10.1. The molecule has 0 saturated heterocycles. The van der Waals surface area contributed by atoms with E-state index in [1.165, 1.54) is 0 Å². The molecule has 2 N–H and O–H groups in total. The van der Waals surface area contributed by atoms with Crippen molar-refractivity contribution in [1.29, 1.82) is 0 Å². The van der Waals surface area contributed by atoms with E-state index in [2.05, 4.69) is 9.97 Å². The zero-order chi connectivity index (χ0) is 15.8. The van der Waals surface area contributed by atoms with Crippen LogP contribution in [-0.2, 0) is 13.1 Å². The van der Waals surface area contributed by atoms with Crippen LogP contribution in [0, 0.1) is 0 Å². The van der Waals surface area contributed by atoms with Gasteiger partial charge in [-0.15, -0.1) is 0 Å². The second-order valence-electron chi connectivity index (χ2n) is 5.40. The van der Waals surface area contributed by atoms with Crippen LogP contribution in [0.1, 0.15) is 21.6 Å². The second-order valence-corrected chi connectivity index (χ2v) is 5.40. The third kappa shape index (κ3) is 2.44. The van der Waals surface area contributed by atoms with E-state index in [0.29, 0.717) is 24.5 Å². The molecule has 0 atom stereocenters. The first-order chi connectivity index (χ1) is 11.2. The lowest BCUT2D eigenvalue weighted by Gasteiger charge is -2.15. The highest BCUT2D eigenvalue weighted by Gasteiger charge is 2.25. The molecule has 0 radical (unpaired) electrons. The van der Waals surface area contributed by atoms with Gasteiger partial charge in [0.15, 0.2) is 5.76 Å². The summed E-state index contributed by atoms with van der Waals surface area (Å²) < 4.78 is 5.31. The van der Waals surface area contributed by atoms with Gasteiger partial charge in [-0.1, -0.05) is 24.3 Å². The van der Waals surface area contributed by atoms with Crippen molar-refractivity contribution in [2.45, 2.75) is 13.1 Å². The summed E-state index contributed by atoms with van der Waals surface area (Å²) in [5.74, 6) is 0.444. The molecule has 114 valence electrons. The van der Waals surface area contributed by atoms with Gasteiger partial charge in [0.05, 0.1) is 6.26 Å². The summed E-state index contributed by atoms with van der Waals surface area (Å²) in [5, 5.41) is 0. The van der Waals surface area contributed by atoms with E-state index in [1.807, 2.05) is 24.3 Å². The topological polar surface area (TPSA) is 85.2 Å². The van der Waals surface area contributed by atoms with Crippen molar-refractivity contribution in [3.63, 3.8) is 0 Å². The van der Waals surface area contributed by atoms with Gasteiger partial charge in [0.1, 0.15) is 11.4 Å². The Kier molecular flexibility index (Phi) is 3.08. The van der Waals surface area contributed by atoms with Gasteiger partial charge in [0, 0.05) is 13.1 Å². The summed E-state index contributed by atoms with van der Waals surface area (Å²) in [6.07, 6.45) is 1.55. The quantitative estimate of drug-likeness (QED) is 0.786. The number of aromatic nitrogens is 2. The molecule has 2 aromatic heterocycles. The summed E-state index contributed by atoms with van der Waals surface area (Å²) in [7, 11) is 0. The summed E-state index contributed by atoms with van der Waals surface area (Å²) in [5.41, 5.74) is 8.85. The van der Waals surface area contributed by atoms with Crippen LogP contribution >= 0.6 is 0 Å². The number of anilines is 1. The highest BCUT2D eigenvalue weighted by atomic mass is 16.3. The van der Waals surface area contributed by atoms with E-state index in [4.69, 9.17) is 10.2 Å². The van der Waals surface area contributed by atoms with Crippen molar-refractivity contribution in [3.8, 4) is 11.5 Å². The number of hydrogen-bond acceptors (Lipinski definition) is 5. The molecule has 23 heavy (non-hydrogen) atoms. The molecular weight excluding hydrogens is 292 g/mol. The summed E-state index contributed by atoms with van der Waals surface area (Å²) >= 11 is 0. The van der Waals surface area contributed by atoms with Crippen LogP contribution in [0.4, 0.5) is 5.95 Å². The molecule has 1 aliphatic rings. The van der Waals surface area contributed by atoms with Crippen LogP contribution in [0.2, 0.25) is 0 Å². The van der Waals surface area contributed by atoms with Gasteiger partial charge in [-0.3, -0.25) is 4.79 Å². The Hall–Kier alpha value is -3.15. The van der Waals surface area contributed by atoms with Gasteiger partial charge in [-0.05, 0) is 29.3 Å². The third-order valence-electron chi connectivity index (χ3n) is 3.86. The predicted molar refractivity (Wildman–Crippen MR) is 84.2 cm³/mol. The molecule has 6 heteroatoms. The minimum absolute atomic E-state index is 0.0546. The molecule has 0 spiro atoms. The maximum atomic E-state index is 12.7. The molecule has 0 aliphatic carbocycles. The predicted octanol–water partition coefficient (Wildman–Crippen LogP) is 2.47. The van der Waals surface area contributed by atoms with Crippen molar-refractivity contribution in [3.05, 3.63) is 65.5 Å². The number of nitrogens with two attached hydrogens (primary N) is 1. The lowest BCUT2D eigenvalue weighted by Crippen LogP contribution is -2.26. The highest BCUT2D eigenvalue weighted by Crippen LogP contribution is 2.25. The van der Waals surface area contributed by atoms with Crippen molar-refractivity contribution in [2.75, 3.05) is 5.73 Å². The number of fused-ring (bicyclic) bond motifs is 1. The Bertz CT molecular complexity index is 849. The normalized spacial score (nSPS) is 13.1. The molecule has 0 fully saturated rings. The smallest absolute Gasteiger partial charge is 0.273 e. The van der Waals surface area contributed by atoms with Gasteiger partial charge in [-0.25, -0.2) is 9.97 Å². The summed E-state index contributed by atoms with van der Waals surface area (Å²) in [6, 6.07) is 13.2. The molecule has 3 heterocycles. The van der Waals surface area contributed by atoms with Crippen molar-refractivity contribution >= 4 is 11.9 Å². The van der Waals surface area contributed by atoms with Crippen LogP contribution in [0.3, 0.4) is 0 Å². The van der Waals surface area contributed by atoms with E-state index < -0.39 is 0 Å². The molecule has 0 saturated carbocycles. The van der Waals surface area contributed by atoms with Crippen LogP contribution in [0.15, 0.2) is 53.1 Å². The average Bonchev–Trinajstić information content (AvgIpc) is 3.22. The van der Waals surface area contributed by atoms with Gasteiger partial charge >= 0.3 is 0 Å². The van der Waals surface area contributed by atoms with Gasteiger partial charge in [0.2, 0.25) is 5.95 Å². The maximum absolute atomic E-state index is 12.7. The molecule has 0 bridgehead atoms. The number of rotatable bonds is 2. The Morgan fingerprint density at radius 3 is 2.48 bits per heavy atom. The second kappa shape index (κ2) is 5.24. The van der Waals surface area contributed by atoms with Crippen molar-refractivity contribution < 1.29 is 9.21 Å². The standard InChI is InChI=1S/C17H14N4O2/c18-17-19-13(15-6-3-7-23-15)8-14(20-17)16(22)21-9-11-4-1-2-5-12(11)10-21/h1-8H,9-10H2,(H2,18,19,20). The SMILES string of the molecule is Nc1nc(C(=O)N2Cc3ccccc3C2)cc(-c2ccco2)n1. The van der Waals surface area contributed by atoms with E-state index in [-0.39, 0.29) is 17.5 Å². The van der Waals surface area contributed by atoms with Gasteiger partial charge in [-0.2, -0.15) is 0 Å². The summed E-state index contributed by atoms with van der Waals surface area (Å²) in [6.45, 7) is 1.16. The molecule has 4 rings (SSSR count). The van der Waals surface area contributed by atoms with Crippen LogP contribution in [0.5, 0.6) is 0 Å². The fourth-order valence-electron chi connectivity index (χ4n) is 2.76. The van der Waals surface area contributed by atoms with E-state index >= 15 is 0 Å². The third-order valence-corrected chi connectivity index (χ3v) is 3.86. The molecule has 1 aromatic carbocycles. The first-order valence-electron chi connectivity index (χ1n) is 7.25. The number of benzene rings is 1. The number of amides is 1. The Morgan fingerprint density at radius 2 is 1.83 bits per heavy atom. The Labute approximate surface area is 132 Å². The van der Waals surface area contributed by atoms with Crippen molar-refractivity contribution in [2.24, 2.45) is 0 Å². The van der Waals surface area contributed by atoms with E-state index in [9.17, 15) is 4.79 Å². The van der Waals surface area contributed by atoms with Crippen LogP contribution in [-0.4, -0.2) is 20.8 Å². The van der Waals surface area contributed by atoms with E-state index in [0.717, 1.165) is 11.1 Å². The van der Waals surface area contributed by atoms with E-state index in [1.54, 1.807) is 29.4 Å². The van der Waals surface area contributed by atoms with Gasteiger partial charge in [0.25, 0.3) is 5.91 Å². The first-order valence-corrected chi connectivity index (χ1v) is 7.25. The molecule has 0 unspecified atom stereocenters. The number of hydrogen-bond donors (Lipinski definition) is 1. The largest absolute Gasteiger partial charge is 0.463 e. The minimum atomic E-state index is -0.164. The van der Waals surface area contributed by atoms with Crippen molar-refractivity contribution in [1.82, 2.24) is 14.9 Å². The van der Waals surface area contributed by atoms with Crippen LogP contribution < -0.4 is 5.73 Å². The number of furan rings is 1. The fraction of sp³-hybridized carbons (Fsp3) is 0.118. The molecule has 6 nitrogen and oxygen atoms in total. The molecular formula is C17H14N4O2. The first kappa shape index (κ1) is 13.5. The lowest BCUT2D eigenvalue weighted by molar-refractivity contribution is 0.0745. The molecule has 1 amide bonds. The average molecular weight is 306 g/mol. The zero-order valence-electron chi connectivity index (χ0n) is 12.3. The number of nitrogens with zero attached hydrogens (tertiary/aromatic N) is 3. The Morgan fingerprint density at radius 1 is 1.09 bits per heavy atom. The summed E-state index contributed by atoms with van der Waals surface area (Å²) in [4.78, 5) is 22.7. The molecule has 1 aliphatic heterocycles. The highest BCUT2D eigenvalue weighted by molar-refractivity contribution is 5.93. The maximum Gasteiger partial charge on any atom is 0.273 e. The fourth-order valence-corrected chi connectivity index (χ4v) is 2.76. The van der Waals surface area contributed by atoms with Gasteiger partial charge < -0.3 is 15.1 Å². The van der Waals surface area contributed by atoms with Crippen LogP contribution in [0.25, 0.3) is 11.5 Å². The number of nitrogen functional groups attached to an aromatic ring is 1. The minimum Gasteiger partial charge on any atom is -0.463 e. The number of carbonyl (C=O) groups excluding carboxylic acids is 1. The number of carbonyl (C=O) groups is 1. The monoisotopic (exact) mass is 306 g/mol. The Balaban J connectivity index is 1.65. The molecule has 3 aromatic rings. The zero-order valence-corrected chi connectivity index (χ0v) is 12.3.